The van der Waals surface area contributed by atoms with Gasteiger partial charge in [0.1, 0.15) is 17.4 Å². The number of aromatic hydroxyl groups is 1. The van der Waals surface area contributed by atoms with Crippen molar-refractivity contribution in [2.75, 3.05) is 5.32 Å². The van der Waals surface area contributed by atoms with Gasteiger partial charge in [0.25, 0.3) is 5.91 Å². The maximum atomic E-state index is 12.3. The summed E-state index contributed by atoms with van der Waals surface area (Å²) in [4.78, 5) is 12.3. The maximum absolute atomic E-state index is 12.3. The lowest BCUT2D eigenvalue weighted by molar-refractivity contribution is -0.112. The Kier molecular flexibility index (Phi) is 5.43. The molecule has 0 atom stereocenters. The number of aryl methyl sites for hydroxylation is 1. The minimum Gasteiger partial charge on any atom is -0.506 e. The fourth-order valence-corrected chi connectivity index (χ4v) is 2.74. The van der Waals surface area contributed by atoms with Crippen LogP contribution in [0.25, 0.3) is 6.08 Å². The van der Waals surface area contributed by atoms with Crippen LogP contribution in [-0.4, -0.2) is 11.0 Å². The van der Waals surface area contributed by atoms with Crippen molar-refractivity contribution in [2.45, 2.75) is 6.92 Å². The molecule has 0 aliphatic carbocycles. The number of hydrogen-bond donors (Lipinski definition) is 2. The Morgan fingerprint density at radius 1 is 1.39 bits per heavy atom. The number of rotatable bonds is 3. The molecule has 0 radical (unpaired) electrons. The van der Waals surface area contributed by atoms with Gasteiger partial charge >= 0.3 is 0 Å². The van der Waals surface area contributed by atoms with Gasteiger partial charge in [-0.25, -0.2) is 0 Å². The van der Waals surface area contributed by atoms with Crippen LogP contribution < -0.4 is 5.32 Å². The van der Waals surface area contributed by atoms with Crippen molar-refractivity contribution in [2.24, 2.45) is 0 Å². The number of anilines is 1. The molecule has 4 nitrogen and oxygen atoms in total. The van der Waals surface area contributed by atoms with Crippen molar-refractivity contribution < 1.29 is 9.90 Å². The highest BCUT2D eigenvalue weighted by Gasteiger charge is 2.13. The molecule has 1 amide bonds. The van der Waals surface area contributed by atoms with Crippen LogP contribution in [-0.2, 0) is 4.79 Å². The van der Waals surface area contributed by atoms with Crippen molar-refractivity contribution in [3.63, 3.8) is 0 Å². The van der Waals surface area contributed by atoms with Crippen LogP contribution in [0.4, 0.5) is 5.69 Å². The summed E-state index contributed by atoms with van der Waals surface area (Å²) in [5, 5.41) is 22.3. The van der Waals surface area contributed by atoms with E-state index in [1.807, 2.05) is 25.1 Å². The topological polar surface area (TPSA) is 73.1 Å². The zero-order chi connectivity index (χ0) is 17.0. The molecule has 0 saturated heterocycles. The van der Waals surface area contributed by atoms with E-state index in [1.54, 1.807) is 12.1 Å². The number of nitrogens with zero attached hydrogens (tertiary/aromatic N) is 1. The maximum Gasteiger partial charge on any atom is 0.266 e. The third kappa shape index (κ3) is 4.13. The van der Waals surface area contributed by atoms with Crippen LogP contribution >= 0.6 is 27.5 Å². The van der Waals surface area contributed by atoms with Crippen molar-refractivity contribution in [3.05, 3.63) is 62.6 Å². The Labute approximate surface area is 147 Å². The average Bonchev–Trinajstić information content (AvgIpc) is 2.51. The molecule has 0 aromatic heterocycles. The van der Waals surface area contributed by atoms with Gasteiger partial charge in [0.15, 0.2) is 0 Å². The number of hydrogen-bond acceptors (Lipinski definition) is 3. The first kappa shape index (κ1) is 17.1. The number of amides is 1. The number of phenols is 1. The van der Waals surface area contributed by atoms with Crippen molar-refractivity contribution in [3.8, 4) is 11.8 Å². The Morgan fingerprint density at radius 2 is 2.09 bits per heavy atom. The molecule has 0 heterocycles. The van der Waals surface area contributed by atoms with Gasteiger partial charge in [0, 0.05) is 16.3 Å². The average molecular weight is 392 g/mol. The minimum absolute atomic E-state index is 0.0918. The smallest absolute Gasteiger partial charge is 0.266 e. The molecule has 2 rings (SSSR count). The largest absolute Gasteiger partial charge is 0.506 e. The number of nitriles is 1. The summed E-state index contributed by atoms with van der Waals surface area (Å²) in [5.74, 6) is -0.650. The third-order valence-corrected chi connectivity index (χ3v) is 3.94. The first-order valence-corrected chi connectivity index (χ1v) is 7.76. The van der Waals surface area contributed by atoms with Gasteiger partial charge in [-0.3, -0.25) is 4.79 Å². The van der Waals surface area contributed by atoms with Gasteiger partial charge in [-0.15, -0.1) is 0 Å². The quantitative estimate of drug-likeness (QED) is 0.590. The van der Waals surface area contributed by atoms with E-state index in [0.717, 1.165) is 5.56 Å². The van der Waals surface area contributed by atoms with Crippen molar-refractivity contribution >= 4 is 45.2 Å². The van der Waals surface area contributed by atoms with E-state index in [0.29, 0.717) is 15.2 Å². The zero-order valence-corrected chi connectivity index (χ0v) is 14.4. The summed E-state index contributed by atoms with van der Waals surface area (Å²) in [7, 11) is 0. The van der Waals surface area contributed by atoms with E-state index in [2.05, 4.69) is 21.2 Å². The van der Waals surface area contributed by atoms with Gasteiger partial charge in [-0.1, -0.05) is 29.8 Å². The standard InChI is InChI=1S/C17H12BrClN2O2/c1-10-4-2-3-5-15(10)21-17(23)12(9-20)6-11-7-13(19)8-14(18)16(11)22/h2-8,22H,1H3,(H,21,23)/b12-6-. The molecular formula is C17H12BrClN2O2. The molecule has 0 aliphatic rings. The Morgan fingerprint density at radius 3 is 2.74 bits per heavy atom. The van der Waals surface area contributed by atoms with E-state index in [9.17, 15) is 15.2 Å². The second kappa shape index (κ2) is 7.32. The summed E-state index contributed by atoms with van der Waals surface area (Å²) >= 11 is 9.09. The zero-order valence-electron chi connectivity index (χ0n) is 12.1. The molecule has 0 aliphatic heterocycles. The predicted molar refractivity (Wildman–Crippen MR) is 94.2 cm³/mol. The van der Waals surface area contributed by atoms with Crippen LogP contribution in [0.2, 0.25) is 5.02 Å². The second-order valence-corrected chi connectivity index (χ2v) is 6.06. The molecule has 0 fully saturated rings. The molecule has 23 heavy (non-hydrogen) atoms. The van der Waals surface area contributed by atoms with Gasteiger partial charge in [-0.2, -0.15) is 5.26 Å². The lowest BCUT2D eigenvalue weighted by Gasteiger charge is -2.08. The molecule has 2 N–H and O–H groups in total. The lowest BCUT2D eigenvalue weighted by atomic mass is 10.1. The van der Waals surface area contributed by atoms with E-state index < -0.39 is 5.91 Å². The van der Waals surface area contributed by atoms with E-state index >= 15 is 0 Å². The summed E-state index contributed by atoms with van der Waals surface area (Å²) in [6.45, 7) is 1.85. The van der Waals surface area contributed by atoms with Gasteiger partial charge in [0.2, 0.25) is 0 Å². The van der Waals surface area contributed by atoms with E-state index in [4.69, 9.17) is 11.6 Å². The van der Waals surface area contributed by atoms with E-state index in [-0.39, 0.29) is 16.9 Å². The number of benzene rings is 2. The first-order valence-electron chi connectivity index (χ1n) is 6.59. The normalized spacial score (nSPS) is 11.0. The molecule has 6 heteroatoms. The van der Waals surface area contributed by atoms with Gasteiger partial charge < -0.3 is 10.4 Å². The molecule has 0 saturated carbocycles. The summed E-state index contributed by atoms with van der Waals surface area (Å²) < 4.78 is 0.382. The number of halogens is 2. The molecule has 2 aromatic rings. The fraction of sp³-hybridized carbons (Fsp3) is 0.0588. The van der Waals surface area contributed by atoms with Crippen molar-refractivity contribution in [1.82, 2.24) is 0 Å². The molecule has 0 bridgehead atoms. The highest BCUT2D eigenvalue weighted by atomic mass is 79.9. The van der Waals surface area contributed by atoms with Gasteiger partial charge in [-0.05, 0) is 52.7 Å². The summed E-state index contributed by atoms with van der Waals surface area (Å²) in [6.07, 6.45) is 1.29. The number of phenolic OH excluding ortho intramolecular Hbond substituents is 1. The second-order valence-electron chi connectivity index (χ2n) is 4.76. The SMILES string of the molecule is Cc1ccccc1NC(=O)/C(C#N)=C\c1cc(Cl)cc(Br)c1O. The fourth-order valence-electron chi connectivity index (χ4n) is 1.90. The molecule has 0 unspecified atom stereocenters. The van der Waals surface area contributed by atoms with Gasteiger partial charge in [0.05, 0.1) is 4.47 Å². The molecule has 0 spiro atoms. The van der Waals surface area contributed by atoms with E-state index in [1.165, 1.54) is 18.2 Å². The third-order valence-electron chi connectivity index (χ3n) is 3.12. The lowest BCUT2D eigenvalue weighted by Crippen LogP contribution is -2.14. The highest BCUT2D eigenvalue weighted by molar-refractivity contribution is 9.10. The predicted octanol–water partition coefficient (Wildman–Crippen LogP) is 4.66. The molecule has 116 valence electrons. The molecular weight excluding hydrogens is 380 g/mol. The number of carbonyl (C=O) groups is 1. The first-order chi connectivity index (χ1) is 10.9. The number of para-hydroxylation sites is 1. The number of nitrogens with one attached hydrogen (secondary N) is 1. The van der Waals surface area contributed by atoms with Crippen LogP contribution in [0.15, 0.2) is 46.4 Å². The Balaban J connectivity index is 2.35. The van der Waals surface area contributed by atoms with Crippen molar-refractivity contribution in [1.29, 1.82) is 5.26 Å². The summed E-state index contributed by atoms with van der Waals surface area (Å²) in [5.41, 5.74) is 1.64. The molecule has 2 aromatic carbocycles. The summed E-state index contributed by atoms with van der Waals surface area (Å²) in [6, 6.07) is 12.1. The monoisotopic (exact) mass is 390 g/mol. The van der Waals surface area contributed by atoms with Crippen LogP contribution in [0.1, 0.15) is 11.1 Å². The minimum atomic E-state index is -0.558. The Hall–Kier alpha value is -2.29. The number of carbonyl (C=O) groups excluding carboxylic acids is 1. The van der Waals surface area contributed by atoms with Crippen LogP contribution in [0.3, 0.4) is 0 Å². The Bertz CT molecular complexity index is 841. The highest BCUT2D eigenvalue weighted by Crippen LogP contribution is 2.33. The van der Waals surface area contributed by atoms with Crippen LogP contribution in [0.5, 0.6) is 5.75 Å². The van der Waals surface area contributed by atoms with Crippen LogP contribution in [0, 0.1) is 18.3 Å².